The largest absolute Gasteiger partial charge is 0.396 e. The van der Waals surface area contributed by atoms with Crippen molar-refractivity contribution in [2.24, 2.45) is 0 Å². The monoisotopic (exact) mass is 281 g/mol. The molecular formula is C14H20FN3O2. The molecule has 5 nitrogen and oxygen atoms in total. The average Bonchev–Trinajstić information content (AvgIpc) is 2.41. The molecule has 110 valence electrons. The quantitative estimate of drug-likeness (QED) is 0.820. The van der Waals surface area contributed by atoms with Gasteiger partial charge in [0, 0.05) is 31.7 Å². The van der Waals surface area contributed by atoms with E-state index in [4.69, 9.17) is 10.5 Å². The number of anilines is 2. The van der Waals surface area contributed by atoms with Gasteiger partial charge in [-0.3, -0.25) is 9.69 Å². The van der Waals surface area contributed by atoms with Gasteiger partial charge in [-0.05, 0) is 25.1 Å². The Bertz CT molecular complexity index is 481. The number of carbonyl (C=O) groups excluding carboxylic acids is 1. The maximum absolute atomic E-state index is 13.0. The topological polar surface area (TPSA) is 67.6 Å². The molecule has 1 unspecified atom stereocenters. The zero-order chi connectivity index (χ0) is 14.5. The van der Waals surface area contributed by atoms with E-state index in [-0.39, 0.29) is 17.7 Å². The van der Waals surface area contributed by atoms with Gasteiger partial charge in [-0.25, -0.2) is 4.39 Å². The highest BCUT2D eigenvalue weighted by Gasteiger charge is 2.17. The van der Waals surface area contributed by atoms with Gasteiger partial charge < -0.3 is 15.8 Å². The second kappa shape index (κ2) is 6.67. The van der Waals surface area contributed by atoms with Gasteiger partial charge in [-0.1, -0.05) is 0 Å². The molecule has 1 aliphatic heterocycles. The van der Waals surface area contributed by atoms with E-state index in [9.17, 15) is 9.18 Å². The van der Waals surface area contributed by atoms with Crippen molar-refractivity contribution in [2.45, 2.75) is 19.4 Å². The summed E-state index contributed by atoms with van der Waals surface area (Å²) in [5, 5.41) is 2.72. The highest BCUT2D eigenvalue weighted by molar-refractivity contribution is 5.91. The van der Waals surface area contributed by atoms with E-state index in [2.05, 4.69) is 10.2 Å². The van der Waals surface area contributed by atoms with Crippen molar-refractivity contribution in [1.82, 2.24) is 4.90 Å². The molecule has 1 heterocycles. The maximum Gasteiger partial charge on any atom is 0.225 e. The number of ether oxygens (including phenoxy) is 1. The number of nitrogen functional groups attached to an aromatic ring is 1. The minimum atomic E-state index is -0.481. The van der Waals surface area contributed by atoms with Crippen molar-refractivity contribution < 1.29 is 13.9 Å². The minimum Gasteiger partial charge on any atom is -0.396 e. The summed E-state index contributed by atoms with van der Waals surface area (Å²) in [6.45, 7) is 5.11. The molecule has 0 spiro atoms. The molecule has 1 fully saturated rings. The number of rotatable bonds is 4. The Morgan fingerprint density at radius 3 is 3.10 bits per heavy atom. The van der Waals surface area contributed by atoms with E-state index in [0.717, 1.165) is 13.1 Å². The lowest BCUT2D eigenvalue weighted by Gasteiger charge is -2.30. The Morgan fingerprint density at radius 2 is 2.40 bits per heavy atom. The third-order valence-corrected chi connectivity index (χ3v) is 3.26. The summed E-state index contributed by atoms with van der Waals surface area (Å²) in [4.78, 5) is 14.0. The van der Waals surface area contributed by atoms with E-state index >= 15 is 0 Å². The highest BCUT2D eigenvalue weighted by atomic mass is 19.1. The number of nitrogens with two attached hydrogens (primary N) is 1. The molecule has 20 heavy (non-hydrogen) atoms. The normalized spacial score (nSPS) is 19.8. The number of morpholine rings is 1. The molecular weight excluding hydrogens is 261 g/mol. The standard InChI is InChI=1S/C14H20FN3O2/c1-10-9-18(6-7-20-10)5-4-14(19)17-11-2-3-12(15)13(16)8-11/h2-3,8,10H,4-7,9,16H2,1H3,(H,17,19). The zero-order valence-electron chi connectivity index (χ0n) is 11.6. The second-order valence-corrected chi connectivity index (χ2v) is 5.02. The number of carbonyl (C=O) groups is 1. The highest BCUT2D eigenvalue weighted by Crippen LogP contribution is 2.16. The predicted molar refractivity (Wildman–Crippen MR) is 75.9 cm³/mol. The van der Waals surface area contributed by atoms with Crippen molar-refractivity contribution in [2.75, 3.05) is 37.3 Å². The summed E-state index contributed by atoms with van der Waals surface area (Å²) < 4.78 is 18.5. The zero-order valence-corrected chi connectivity index (χ0v) is 11.6. The number of amides is 1. The summed E-state index contributed by atoms with van der Waals surface area (Å²) in [6.07, 6.45) is 0.605. The molecule has 0 aliphatic carbocycles. The van der Waals surface area contributed by atoms with Crippen LogP contribution in [0.1, 0.15) is 13.3 Å². The molecule has 6 heteroatoms. The molecule has 1 aromatic rings. The number of nitrogens with zero attached hydrogens (tertiary/aromatic N) is 1. The molecule has 1 aliphatic rings. The summed E-state index contributed by atoms with van der Waals surface area (Å²) in [6, 6.07) is 4.17. The summed E-state index contributed by atoms with van der Waals surface area (Å²) in [5.41, 5.74) is 6.00. The third kappa shape index (κ3) is 4.18. The smallest absolute Gasteiger partial charge is 0.225 e. The Balaban J connectivity index is 1.78. The van der Waals surface area contributed by atoms with Gasteiger partial charge in [0.25, 0.3) is 0 Å². The average molecular weight is 281 g/mol. The van der Waals surface area contributed by atoms with E-state index in [1.165, 1.54) is 18.2 Å². The van der Waals surface area contributed by atoms with Crippen LogP contribution < -0.4 is 11.1 Å². The lowest BCUT2D eigenvalue weighted by molar-refractivity contribution is -0.117. The van der Waals surface area contributed by atoms with Crippen LogP contribution in [-0.2, 0) is 9.53 Å². The number of nitrogens with one attached hydrogen (secondary N) is 1. The molecule has 1 atom stereocenters. The van der Waals surface area contributed by atoms with Crippen molar-refractivity contribution in [3.8, 4) is 0 Å². The van der Waals surface area contributed by atoms with Crippen LogP contribution in [-0.4, -0.2) is 43.2 Å². The van der Waals surface area contributed by atoms with Gasteiger partial charge >= 0.3 is 0 Å². The lowest BCUT2D eigenvalue weighted by atomic mass is 10.2. The number of halogens is 1. The predicted octanol–water partition coefficient (Wildman–Crippen LogP) is 1.46. The van der Waals surface area contributed by atoms with E-state index in [1.54, 1.807) is 0 Å². The van der Waals surface area contributed by atoms with Crippen molar-refractivity contribution in [1.29, 1.82) is 0 Å². The second-order valence-electron chi connectivity index (χ2n) is 5.02. The minimum absolute atomic E-state index is 0.0322. The van der Waals surface area contributed by atoms with Crippen LogP contribution in [0.2, 0.25) is 0 Å². The van der Waals surface area contributed by atoms with Crippen LogP contribution in [0.5, 0.6) is 0 Å². The first kappa shape index (κ1) is 14.7. The van der Waals surface area contributed by atoms with E-state index < -0.39 is 5.82 Å². The van der Waals surface area contributed by atoms with Crippen molar-refractivity contribution in [3.63, 3.8) is 0 Å². The fraction of sp³-hybridized carbons (Fsp3) is 0.500. The van der Waals surface area contributed by atoms with Crippen LogP contribution in [0.15, 0.2) is 18.2 Å². The van der Waals surface area contributed by atoms with E-state index in [0.29, 0.717) is 25.3 Å². The number of hydrogen-bond acceptors (Lipinski definition) is 4. The Kier molecular flexibility index (Phi) is 4.92. The van der Waals surface area contributed by atoms with Gasteiger partial charge in [0.15, 0.2) is 0 Å². The third-order valence-electron chi connectivity index (χ3n) is 3.26. The first-order valence-corrected chi connectivity index (χ1v) is 6.73. The van der Waals surface area contributed by atoms with Gasteiger partial charge in [0.1, 0.15) is 5.82 Å². The van der Waals surface area contributed by atoms with Gasteiger partial charge in [0.05, 0.1) is 18.4 Å². The van der Waals surface area contributed by atoms with Crippen LogP contribution in [0.3, 0.4) is 0 Å². The first-order valence-electron chi connectivity index (χ1n) is 6.73. The molecule has 0 bridgehead atoms. The van der Waals surface area contributed by atoms with Crippen LogP contribution in [0.4, 0.5) is 15.8 Å². The van der Waals surface area contributed by atoms with Crippen molar-refractivity contribution in [3.05, 3.63) is 24.0 Å². The van der Waals surface area contributed by atoms with Crippen LogP contribution >= 0.6 is 0 Å². The lowest BCUT2D eigenvalue weighted by Crippen LogP contribution is -2.42. The van der Waals surface area contributed by atoms with Crippen molar-refractivity contribution >= 4 is 17.3 Å². The Morgan fingerprint density at radius 1 is 1.60 bits per heavy atom. The molecule has 0 aromatic heterocycles. The Labute approximate surface area is 117 Å². The summed E-state index contributed by atoms with van der Waals surface area (Å²) >= 11 is 0. The molecule has 1 aromatic carbocycles. The molecule has 3 N–H and O–H groups in total. The summed E-state index contributed by atoms with van der Waals surface area (Å²) in [5.74, 6) is -0.583. The Hall–Kier alpha value is -1.66. The fourth-order valence-corrected chi connectivity index (χ4v) is 2.20. The number of hydrogen-bond donors (Lipinski definition) is 2. The fourth-order valence-electron chi connectivity index (χ4n) is 2.20. The maximum atomic E-state index is 13.0. The van der Waals surface area contributed by atoms with Crippen LogP contribution in [0.25, 0.3) is 0 Å². The number of benzene rings is 1. The first-order chi connectivity index (χ1) is 9.54. The van der Waals surface area contributed by atoms with E-state index in [1.807, 2.05) is 6.92 Å². The molecule has 0 saturated carbocycles. The molecule has 2 rings (SSSR count). The van der Waals surface area contributed by atoms with Gasteiger partial charge in [0.2, 0.25) is 5.91 Å². The summed E-state index contributed by atoms with van der Waals surface area (Å²) in [7, 11) is 0. The van der Waals surface area contributed by atoms with Gasteiger partial charge in [-0.2, -0.15) is 0 Å². The molecule has 1 saturated heterocycles. The molecule has 1 amide bonds. The SMILES string of the molecule is CC1CN(CCC(=O)Nc2ccc(F)c(N)c2)CCO1. The van der Waals surface area contributed by atoms with Gasteiger partial charge in [-0.15, -0.1) is 0 Å². The molecule has 0 radical (unpaired) electrons. The van der Waals surface area contributed by atoms with Crippen LogP contribution in [0, 0.1) is 5.82 Å².